The van der Waals surface area contributed by atoms with E-state index in [-0.39, 0.29) is 5.69 Å². The second-order valence-electron chi connectivity index (χ2n) is 6.46. The first-order valence-corrected chi connectivity index (χ1v) is 8.78. The summed E-state index contributed by atoms with van der Waals surface area (Å²) in [6, 6.07) is 0. The van der Waals surface area contributed by atoms with Crippen molar-refractivity contribution in [3.05, 3.63) is 23.5 Å². The predicted octanol–water partition coefficient (Wildman–Crippen LogP) is 2.31. The summed E-state index contributed by atoms with van der Waals surface area (Å²) in [6.45, 7) is 2.11. The largest absolute Gasteiger partial charge is 0.480 e. The lowest BCUT2D eigenvalue weighted by Gasteiger charge is -2.36. The van der Waals surface area contributed by atoms with Crippen LogP contribution in [0.1, 0.15) is 43.1 Å². The van der Waals surface area contributed by atoms with Crippen LogP contribution >= 0.6 is 11.3 Å². The second-order valence-corrected chi connectivity index (χ2v) is 7.32. The van der Waals surface area contributed by atoms with Crippen molar-refractivity contribution < 1.29 is 14.7 Å². The second kappa shape index (κ2) is 6.35. The quantitative estimate of drug-likeness (QED) is 0.884. The Morgan fingerprint density at radius 1 is 1.42 bits per heavy atom. The molecule has 0 aliphatic heterocycles. The Hall–Kier alpha value is -2.22. The molecule has 2 N–H and O–H groups in total. The van der Waals surface area contributed by atoms with Gasteiger partial charge in [0.1, 0.15) is 16.2 Å². The molecule has 24 heavy (non-hydrogen) atoms. The fourth-order valence-corrected chi connectivity index (χ4v) is 3.75. The molecule has 0 bridgehead atoms. The van der Waals surface area contributed by atoms with E-state index in [2.05, 4.69) is 22.3 Å². The fourth-order valence-electron chi connectivity index (χ4n) is 2.97. The molecule has 1 saturated carbocycles. The van der Waals surface area contributed by atoms with Gasteiger partial charge in [0.05, 0.1) is 6.20 Å². The average molecular weight is 348 g/mol. The van der Waals surface area contributed by atoms with Crippen LogP contribution in [0, 0.1) is 5.92 Å². The number of aromatic nitrogens is 3. The highest BCUT2D eigenvalue weighted by atomic mass is 32.1. The molecule has 0 radical (unpaired) electrons. The SMILES string of the molecule is CC1CCC(NC(=O)c2csc(-c3cnn(C)c3)n2)(C(=O)O)CC1. The monoisotopic (exact) mass is 348 g/mol. The van der Waals surface area contributed by atoms with Gasteiger partial charge in [0.25, 0.3) is 5.91 Å². The number of amides is 1. The maximum Gasteiger partial charge on any atom is 0.329 e. The maximum atomic E-state index is 12.5. The number of carboxylic acid groups (broad SMARTS) is 1. The van der Waals surface area contributed by atoms with Gasteiger partial charge in [-0.15, -0.1) is 11.3 Å². The molecule has 128 valence electrons. The Kier molecular flexibility index (Phi) is 4.40. The van der Waals surface area contributed by atoms with Gasteiger partial charge < -0.3 is 10.4 Å². The van der Waals surface area contributed by atoms with Crippen LogP contribution < -0.4 is 5.32 Å². The van der Waals surface area contributed by atoms with Crippen LogP contribution in [0.25, 0.3) is 10.6 Å². The predicted molar refractivity (Wildman–Crippen MR) is 89.8 cm³/mol. The summed E-state index contributed by atoms with van der Waals surface area (Å²) in [7, 11) is 1.81. The first-order chi connectivity index (χ1) is 11.4. The van der Waals surface area contributed by atoms with Gasteiger partial charge in [-0.25, -0.2) is 9.78 Å². The number of carbonyl (C=O) groups is 2. The Morgan fingerprint density at radius 2 is 2.12 bits per heavy atom. The lowest BCUT2D eigenvalue weighted by Crippen LogP contribution is -2.56. The fraction of sp³-hybridized carbons (Fsp3) is 0.500. The molecule has 0 unspecified atom stereocenters. The molecule has 3 rings (SSSR count). The van der Waals surface area contributed by atoms with Gasteiger partial charge in [-0.3, -0.25) is 9.48 Å². The number of carbonyl (C=O) groups excluding carboxylic acids is 1. The van der Waals surface area contributed by atoms with Crippen LogP contribution in [0.15, 0.2) is 17.8 Å². The minimum absolute atomic E-state index is 0.248. The minimum atomic E-state index is -1.18. The van der Waals surface area contributed by atoms with E-state index < -0.39 is 17.4 Å². The summed E-state index contributed by atoms with van der Waals surface area (Å²) < 4.78 is 1.67. The zero-order chi connectivity index (χ0) is 17.3. The summed E-state index contributed by atoms with van der Waals surface area (Å²) in [5, 5.41) is 18.8. The van der Waals surface area contributed by atoms with Gasteiger partial charge in [0.2, 0.25) is 0 Å². The van der Waals surface area contributed by atoms with E-state index in [0.29, 0.717) is 23.8 Å². The van der Waals surface area contributed by atoms with Crippen molar-refractivity contribution in [1.82, 2.24) is 20.1 Å². The van der Waals surface area contributed by atoms with Crippen molar-refractivity contribution in [2.45, 2.75) is 38.1 Å². The summed E-state index contributed by atoms with van der Waals surface area (Å²) in [5.41, 5.74) is -0.0964. The normalized spacial score (nSPS) is 23.8. The molecule has 7 nitrogen and oxygen atoms in total. The van der Waals surface area contributed by atoms with Crippen LogP contribution in [0.3, 0.4) is 0 Å². The molecule has 0 saturated heterocycles. The molecule has 2 aromatic heterocycles. The third-order valence-electron chi connectivity index (χ3n) is 4.58. The zero-order valence-corrected chi connectivity index (χ0v) is 14.5. The van der Waals surface area contributed by atoms with Crippen LogP contribution in [0.4, 0.5) is 0 Å². The molecule has 0 spiro atoms. The van der Waals surface area contributed by atoms with E-state index in [0.717, 1.165) is 18.4 Å². The molecular formula is C16H20N4O3S. The van der Waals surface area contributed by atoms with Gasteiger partial charge in [-0.2, -0.15) is 5.10 Å². The molecule has 1 aliphatic rings. The van der Waals surface area contributed by atoms with Crippen molar-refractivity contribution in [3.63, 3.8) is 0 Å². The molecule has 1 aliphatic carbocycles. The number of hydrogen-bond donors (Lipinski definition) is 2. The Balaban J connectivity index is 1.76. The van der Waals surface area contributed by atoms with Crippen molar-refractivity contribution in [2.24, 2.45) is 13.0 Å². The first-order valence-electron chi connectivity index (χ1n) is 7.90. The highest BCUT2D eigenvalue weighted by Crippen LogP contribution is 2.32. The zero-order valence-electron chi connectivity index (χ0n) is 13.7. The van der Waals surface area contributed by atoms with Crippen LogP contribution in [-0.4, -0.2) is 37.3 Å². The lowest BCUT2D eigenvalue weighted by molar-refractivity contribution is -0.146. The lowest BCUT2D eigenvalue weighted by atomic mass is 9.77. The summed E-state index contributed by atoms with van der Waals surface area (Å²) in [5.74, 6) is -0.908. The Morgan fingerprint density at radius 3 is 2.71 bits per heavy atom. The maximum absolute atomic E-state index is 12.5. The van der Waals surface area contributed by atoms with Crippen molar-refractivity contribution in [3.8, 4) is 10.6 Å². The third-order valence-corrected chi connectivity index (χ3v) is 5.47. The first kappa shape index (κ1) is 16.6. The number of rotatable bonds is 4. The molecule has 0 aromatic carbocycles. The van der Waals surface area contributed by atoms with Crippen molar-refractivity contribution in [2.75, 3.05) is 0 Å². The van der Waals surface area contributed by atoms with Crippen LogP contribution in [-0.2, 0) is 11.8 Å². The Labute approximate surface area is 143 Å². The molecule has 2 aromatic rings. The molecule has 8 heteroatoms. The van der Waals surface area contributed by atoms with E-state index in [4.69, 9.17) is 0 Å². The molecule has 1 amide bonds. The van der Waals surface area contributed by atoms with E-state index in [1.807, 2.05) is 13.2 Å². The number of aryl methyl sites for hydroxylation is 1. The summed E-state index contributed by atoms with van der Waals surface area (Å²) >= 11 is 1.34. The van der Waals surface area contributed by atoms with Crippen molar-refractivity contribution in [1.29, 1.82) is 0 Å². The van der Waals surface area contributed by atoms with E-state index in [1.54, 1.807) is 16.3 Å². The van der Waals surface area contributed by atoms with E-state index in [9.17, 15) is 14.7 Å². The molecule has 2 heterocycles. The van der Waals surface area contributed by atoms with Gasteiger partial charge in [-0.05, 0) is 31.6 Å². The summed E-state index contributed by atoms with van der Waals surface area (Å²) in [4.78, 5) is 28.6. The van der Waals surface area contributed by atoms with Crippen LogP contribution in [0.2, 0.25) is 0 Å². The molecular weight excluding hydrogens is 328 g/mol. The standard InChI is InChI=1S/C16H20N4O3S/c1-10-3-5-16(6-4-10,15(22)23)19-13(21)12-9-24-14(18-12)11-7-17-20(2)8-11/h7-10H,3-6H2,1-2H3,(H,19,21)(H,22,23). The smallest absolute Gasteiger partial charge is 0.329 e. The highest BCUT2D eigenvalue weighted by molar-refractivity contribution is 7.13. The third kappa shape index (κ3) is 3.19. The number of thiazole rings is 1. The van der Waals surface area contributed by atoms with Crippen LogP contribution in [0.5, 0.6) is 0 Å². The average Bonchev–Trinajstić information content (AvgIpc) is 3.18. The molecule has 0 atom stereocenters. The van der Waals surface area contributed by atoms with Gasteiger partial charge in [0.15, 0.2) is 0 Å². The highest BCUT2D eigenvalue weighted by Gasteiger charge is 2.42. The van der Waals surface area contributed by atoms with Crippen molar-refractivity contribution >= 4 is 23.2 Å². The van der Waals surface area contributed by atoms with Gasteiger partial charge in [-0.1, -0.05) is 6.92 Å². The van der Waals surface area contributed by atoms with E-state index in [1.165, 1.54) is 11.3 Å². The Bertz CT molecular complexity index is 759. The number of nitrogens with zero attached hydrogens (tertiary/aromatic N) is 3. The number of hydrogen-bond acceptors (Lipinski definition) is 5. The topological polar surface area (TPSA) is 97.1 Å². The van der Waals surface area contributed by atoms with Gasteiger partial charge >= 0.3 is 5.97 Å². The van der Waals surface area contributed by atoms with Gasteiger partial charge in [0, 0.05) is 24.2 Å². The number of carboxylic acids is 1. The minimum Gasteiger partial charge on any atom is -0.480 e. The number of aliphatic carboxylic acids is 1. The summed E-state index contributed by atoms with van der Waals surface area (Å²) in [6.07, 6.45) is 6.00. The number of nitrogens with one attached hydrogen (secondary N) is 1. The molecule has 1 fully saturated rings. The van der Waals surface area contributed by atoms with E-state index >= 15 is 0 Å².